The molecule has 0 aliphatic carbocycles. The number of carboxylic acid groups (broad SMARTS) is 2. The molecule has 594 valence electrons. The summed E-state index contributed by atoms with van der Waals surface area (Å²) >= 11 is 0. The standard InChI is InChI=1S/C70H125N3O29/c1-5-7-9-11-13-15-17-19-20-22-24-26-28-30-32-34-52(84)73-44(45(80)33-31-29-27-25-23-21-18-16-14-12-10-8-6-2)41-95-65-59(89)58(88)61(51(40-77)97-65)98-66-60(90)64(56(86)49(38-75)96-66)102-70(68(93)94)36-47(82)54(72-43(4)79)63(101-70)57(87)50(39-76)99-69(67(91)92)35-46(81)53(71-42(3)78)62(100-69)55(85)48(83)37-74/h31,33,44-51,53-66,74-77,80-83,85-90H,5-30,32,34-41H2,1-4H3,(H,71,78)(H,72,79)(H,73,84)(H,91,92)(H,93,94)/b33-31+/t44-,45+,46?,47+,48+,49?,50-,51-,53+,54+,55-,56+,57-,58?,59?,60-,61+,62?,63?,64?,65+,66-,69+,70-/m0/s1. The first kappa shape index (κ1) is 90.6. The Bertz CT molecular complexity index is 2410. The summed E-state index contributed by atoms with van der Waals surface area (Å²) in [6.45, 7) is 1.10. The second kappa shape index (κ2) is 47.8. The molecule has 0 bridgehead atoms. The van der Waals surface area contributed by atoms with Crippen molar-refractivity contribution in [3.05, 3.63) is 12.2 Å². The molecule has 32 heteroatoms. The van der Waals surface area contributed by atoms with E-state index in [9.17, 15) is 106 Å². The van der Waals surface area contributed by atoms with Crippen LogP contribution >= 0.6 is 0 Å². The van der Waals surface area contributed by atoms with Crippen LogP contribution in [0.4, 0.5) is 0 Å². The Morgan fingerprint density at radius 3 is 1.44 bits per heavy atom. The quantitative estimate of drug-likeness (QED) is 0.0288. The first-order valence-corrected chi connectivity index (χ1v) is 37.2. The van der Waals surface area contributed by atoms with Crippen LogP contribution < -0.4 is 16.0 Å². The Balaban J connectivity index is 1.50. The third kappa shape index (κ3) is 28.4. The zero-order chi connectivity index (χ0) is 75.5. The molecule has 0 saturated carbocycles. The predicted molar refractivity (Wildman–Crippen MR) is 363 cm³/mol. The van der Waals surface area contributed by atoms with Crippen molar-refractivity contribution >= 4 is 29.7 Å². The van der Waals surface area contributed by atoms with Crippen LogP contribution in [0.25, 0.3) is 0 Å². The number of carboxylic acids is 2. The molecular formula is C70H125N3O29. The SMILES string of the molecule is CCCCCCCCCCCCC/C=C/[C@@H](O)[C@H](CO[C@@H]1O[C@@H](CO)[C@@H](O[C@@H]2OC(CO)[C@@H](O)C(O[C@]3(C(=O)O)C[C@@H](O)[C@@H](NC(C)=O)C([C@@H](O)[C@H](CO)O[C@]4(C(=O)O)CC(O)[C@@H](NC(C)=O)C([C@@H](O)[C@H](O)CO)O4)O3)[C@@H]2O)C(O)C1O)NC(=O)CCCCCCCCCCCCCCCCC. The van der Waals surface area contributed by atoms with Crippen molar-refractivity contribution in [3.63, 3.8) is 0 Å². The van der Waals surface area contributed by atoms with Gasteiger partial charge in [-0.25, -0.2) is 9.59 Å². The molecular weight excluding hydrogens is 1350 g/mol. The minimum absolute atomic E-state index is 0.155. The number of carbonyl (C=O) groups excluding carboxylic acids is 3. The predicted octanol–water partition coefficient (Wildman–Crippen LogP) is 0.339. The second-order valence-corrected chi connectivity index (χ2v) is 27.9. The summed E-state index contributed by atoms with van der Waals surface area (Å²) in [5.74, 6) is -13.1. The van der Waals surface area contributed by atoms with Gasteiger partial charge in [0.15, 0.2) is 12.6 Å². The Morgan fingerprint density at radius 1 is 0.529 bits per heavy atom. The van der Waals surface area contributed by atoms with Gasteiger partial charge in [0.05, 0.1) is 69.5 Å². The molecule has 4 rings (SSSR count). The van der Waals surface area contributed by atoms with E-state index in [1.54, 1.807) is 6.08 Å². The van der Waals surface area contributed by atoms with Crippen molar-refractivity contribution < 1.29 is 144 Å². The molecule has 0 radical (unpaired) electrons. The van der Waals surface area contributed by atoms with E-state index in [2.05, 4.69) is 29.8 Å². The Hall–Kier alpha value is -3.79. The summed E-state index contributed by atoms with van der Waals surface area (Å²) in [5.41, 5.74) is 0. The van der Waals surface area contributed by atoms with E-state index in [1.165, 1.54) is 109 Å². The number of hydrogen-bond acceptors (Lipinski definition) is 27. The van der Waals surface area contributed by atoms with Crippen molar-refractivity contribution in [2.45, 2.75) is 366 Å². The van der Waals surface area contributed by atoms with E-state index in [-0.39, 0.29) is 12.3 Å². The lowest BCUT2D eigenvalue weighted by atomic mass is 9.87. The fourth-order valence-corrected chi connectivity index (χ4v) is 13.5. The van der Waals surface area contributed by atoms with Crippen LogP contribution in [0.1, 0.15) is 220 Å². The number of ether oxygens (including phenoxy) is 8. The van der Waals surface area contributed by atoms with Crippen LogP contribution in [0.15, 0.2) is 12.2 Å². The van der Waals surface area contributed by atoms with E-state index in [1.807, 2.05) is 6.08 Å². The minimum atomic E-state index is -3.39. The van der Waals surface area contributed by atoms with Crippen molar-refractivity contribution in [3.8, 4) is 0 Å². The monoisotopic (exact) mass is 1470 g/mol. The van der Waals surface area contributed by atoms with Crippen LogP contribution in [-0.4, -0.2) is 290 Å². The number of allylic oxidation sites excluding steroid dienone is 1. The molecule has 24 atom stereocenters. The molecule has 19 N–H and O–H groups in total. The van der Waals surface area contributed by atoms with Crippen molar-refractivity contribution in [2.75, 3.05) is 33.0 Å². The van der Waals surface area contributed by atoms with Crippen LogP contribution in [-0.2, 0) is 61.9 Å². The molecule has 0 aromatic heterocycles. The first-order valence-electron chi connectivity index (χ1n) is 37.2. The molecule has 0 spiro atoms. The molecule has 7 unspecified atom stereocenters. The minimum Gasteiger partial charge on any atom is -0.477 e. The normalized spacial score (nSPS) is 31.7. The van der Waals surface area contributed by atoms with E-state index in [0.29, 0.717) is 12.8 Å². The van der Waals surface area contributed by atoms with Crippen LogP contribution in [0.5, 0.6) is 0 Å². The maximum Gasteiger partial charge on any atom is 0.364 e. The third-order valence-electron chi connectivity index (χ3n) is 19.5. The molecule has 0 aromatic rings. The van der Waals surface area contributed by atoms with Gasteiger partial charge in [-0.05, 0) is 19.3 Å². The van der Waals surface area contributed by atoms with Crippen molar-refractivity contribution in [1.29, 1.82) is 0 Å². The highest BCUT2D eigenvalue weighted by Gasteiger charge is 2.62. The maximum atomic E-state index is 13.6. The molecule has 4 aliphatic heterocycles. The second-order valence-electron chi connectivity index (χ2n) is 27.9. The van der Waals surface area contributed by atoms with Gasteiger partial charge >= 0.3 is 11.9 Å². The largest absolute Gasteiger partial charge is 0.477 e. The van der Waals surface area contributed by atoms with Gasteiger partial charge in [-0.15, -0.1) is 0 Å². The van der Waals surface area contributed by atoms with Gasteiger partial charge in [0.2, 0.25) is 17.7 Å². The number of aliphatic hydroxyl groups is 14. The molecule has 4 fully saturated rings. The smallest absolute Gasteiger partial charge is 0.364 e. The summed E-state index contributed by atoms with van der Waals surface area (Å²) in [6.07, 6.45) is -8.38. The highest BCUT2D eigenvalue weighted by molar-refractivity contribution is 5.78. The van der Waals surface area contributed by atoms with Gasteiger partial charge in [0.25, 0.3) is 11.6 Å². The average Bonchev–Trinajstić information content (AvgIpc) is 0.761. The highest BCUT2D eigenvalue weighted by atomic mass is 16.8. The lowest BCUT2D eigenvalue weighted by Gasteiger charge is -2.51. The average molecular weight is 1470 g/mol. The molecule has 4 aliphatic rings. The first-order chi connectivity index (χ1) is 48.7. The molecule has 0 aromatic carbocycles. The molecule has 4 heterocycles. The van der Waals surface area contributed by atoms with E-state index in [0.717, 1.165) is 65.2 Å². The van der Waals surface area contributed by atoms with Crippen LogP contribution in [0, 0.1) is 0 Å². The number of amides is 3. The van der Waals surface area contributed by atoms with Crippen LogP contribution in [0.3, 0.4) is 0 Å². The summed E-state index contributed by atoms with van der Waals surface area (Å²) in [5, 5.41) is 185. The highest BCUT2D eigenvalue weighted by Crippen LogP contribution is 2.41. The van der Waals surface area contributed by atoms with Crippen molar-refractivity contribution in [2.24, 2.45) is 0 Å². The number of carbonyl (C=O) groups is 5. The van der Waals surface area contributed by atoms with Gasteiger partial charge in [0.1, 0.15) is 85.5 Å². The van der Waals surface area contributed by atoms with Gasteiger partial charge < -0.3 is 136 Å². The lowest BCUT2D eigenvalue weighted by Crippen LogP contribution is -2.72. The molecule has 32 nitrogen and oxygen atoms in total. The number of aliphatic hydroxyl groups excluding tert-OH is 14. The summed E-state index contributed by atoms with van der Waals surface area (Å²) in [7, 11) is 0. The summed E-state index contributed by atoms with van der Waals surface area (Å²) < 4.78 is 46.4. The number of nitrogens with one attached hydrogen (secondary N) is 3. The zero-order valence-corrected chi connectivity index (χ0v) is 60.1. The summed E-state index contributed by atoms with van der Waals surface area (Å²) in [6, 6.07) is -4.73. The Morgan fingerprint density at radius 2 is 0.980 bits per heavy atom. The zero-order valence-electron chi connectivity index (χ0n) is 60.1. The fourth-order valence-electron chi connectivity index (χ4n) is 13.5. The Kier molecular flexibility index (Phi) is 42.5. The lowest BCUT2D eigenvalue weighted by molar-refractivity contribution is -0.388. The van der Waals surface area contributed by atoms with Crippen LogP contribution in [0.2, 0.25) is 0 Å². The molecule has 3 amide bonds. The number of aliphatic carboxylic acids is 2. The van der Waals surface area contributed by atoms with Gasteiger partial charge in [-0.2, -0.15) is 0 Å². The van der Waals surface area contributed by atoms with E-state index in [4.69, 9.17) is 37.9 Å². The number of rotatable bonds is 52. The number of hydrogen-bond donors (Lipinski definition) is 19. The third-order valence-corrected chi connectivity index (χ3v) is 19.5. The van der Waals surface area contributed by atoms with Gasteiger partial charge in [-0.1, -0.05) is 180 Å². The van der Waals surface area contributed by atoms with E-state index < -0.39 is 216 Å². The van der Waals surface area contributed by atoms with E-state index >= 15 is 0 Å². The maximum absolute atomic E-state index is 13.6. The molecule has 102 heavy (non-hydrogen) atoms. The topological polar surface area (TPSA) is 519 Å². The van der Waals surface area contributed by atoms with Gasteiger partial charge in [-0.3, -0.25) is 14.4 Å². The Labute approximate surface area is 598 Å². The summed E-state index contributed by atoms with van der Waals surface area (Å²) in [4.78, 5) is 64.9. The number of unbranched alkanes of at least 4 members (excludes halogenated alkanes) is 25. The van der Waals surface area contributed by atoms with Crippen molar-refractivity contribution in [1.82, 2.24) is 16.0 Å². The fraction of sp³-hybridized carbons (Fsp3) is 0.900. The van der Waals surface area contributed by atoms with Gasteiger partial charge in [0, 0.05) is 33.1 Å². The molecule has 4 saturated heterocycles.